The van der Waals surface area contributed by atoms with E-state index in [0.717, 1.165) is 21.5 Å². The molecule has 4 heteroatoms. The lowest BCUT2D eigenvalue weighted by molar-refractivity contribution is 0.452. The number of benzene rings is 1. The Hall–Kier alpha value is -0.840. The Balaban J connectivity index is 2.03. The van der Waals surface area contributed by atoms with Crippen LogP contribution in [0.5, 0.6) is 5.75 Å². The summed E-state index contributed by atoms with van der Waals surface area (Å²) in [6.45, 7) is 4.91. The van der Waals surface area contributed by atoms with Crippen LogP contribution in [0.1, 0.15) is 29.0 Å². The van der Waals surface area contributed by atoms with Gasteiger partial charge in [-0.05, 0) is 48.0 Å². The third-order valence-corrected chi connectivity index (χ3v) is 4.48. The first-order chi connectivity index (χ1) is 8.56. The highest BCUT2D eigenvalue weighted by Crippen LogP contribution is 2.26. The van der Waals surface area contributed by atoms with Crippen LogP contribution >= 0.6 is 27.3 Å². The number of halogens is 1. The molecule has 0 aliphatic carbocycles. The summed E-state index contributed by atoms with van der Waals surface area (Å²) in [4.78, 5) is 1.28. The van der Waals surface area contributed by atoms with Crippen molar-refractivity contribution in [3.05, 3.63) is 50.1 Å². The number of aryl methyl sites for hydroxylation is 1. The van der Waals surface area contributed by atoms with Gasteiger partial charge in [-0.1, -0.05) is 17.7 Å². The van der Waals surface area contributed by atoms with Crippen LogP contribution in [0.3, 0.4) is 0 Å². The van der Waals surface area contributed by atoms with Crippen molar-refractivity contribution in [1.82, 2.24) is 5.32 Å². The van der Waals surface area contributed by atoms with Gasteiger partial charge in [-0.2, -0.15) is 0 Å². The molecular formula is C14H16BrNOS. The highest BCUT2D eigenvalue weighted by atomic mass is 79.9. The lowest BCUT2D eigenvalue weighted by Crippen LogP contribution is -2.17. The van der Waals surface area contributed by atoms with Crippen molar-refractivity contribution in [2.75, 3.05) is 0 Å². The molecule has 0 spiro atoms. The third-order valence-electron chi connectivity index (χ3n) is 2.86. The van der Waals surface area contributed by atoms with Gasteiger partial charge in [0.2, 0.25) is 0 Å². The summed E-state index contributed by atoms with van der Waals surface area (Å²) >= 11 is 5.18. The van der Waals surface area contributed by atoms with Gasteiger partial charge >= 0.3 is 0 Å². The molecule has 1 atom stereocenters. The van der Waals surface area contributed by atoms with Crippen LogP contribution in [-0.2, 0) is 6.54 Å². The summed E-state index contributed by atoms with van der Waals surface area (Å²) in [6, 6.07) is 9.98. The Kier molecular flexibility index (Phi) is 4.43. The molecule has 0 bridgehead atoms. The molecular weight excluding hydrogens is 310 g/mol. The van der Waals surface area contributed by atoms with E-state index in [-0.39, 0.29) is 6.04 Å². The van der Waals surface area contributed by atoms with Crippen LogP contribution < -0.4 is 5.32 Å². The molecule has 2 rings (SSSR count). The van der Waals surface area contributed by atoms with Crippen LogP contribution in [0.2, 0.25) is 0 Å². The normalized spacial score (nSPS) is 12.6. The lowest BCUT2D eigenvalue weighted by atomic mass is 10.0. The Bertz CT molecular complexity index is 538. The number of hydrogen-bond acceptors (Lipinski definition) is 3. The maximum Gasteiger partial charge on any atom is 0.120 e. The average Bonchev–Trinajstić information content (AvgIpc) is 2.75. The first kappa shape index (κ1) is 13.6. The summed E-state index contributed by atoms with van der Waals surface area (Å²) in [6.07, 6.45) is 0. The predicted molar refractivity (Wildman–Crippen MR) is 80.1 cm³/mol. The zero-order valence-electron chi connectivity index (χ0n) is 10.4. The van der Waals surface area contributed by atoms with E-state index in [1.54, 1.807) is 17.4 Å². The van der Waals surface area contributed by atoms with Gasteiger partial charge in [0.1, 0.15) is 5.75 Å². The third kappa shape index (κ3) is 3.34. The largest absolute Gasteiger partial charge is 0.508 e. The van der Waals surface area contributed by atoms with E-state index < -0.39 is 0 Å². The second-order valence-electron chi connectivity index (χ2n) is 4.37. The molecule has 2 aromatic rings. The molecule has 0 saturated carbocycles. The molecule has 96 valence electrons. The van der Waals surface area contributed by atoms with E-state index in [0.29, 0.717) is 5.75 Å². The summed E-state index contributed by atoms with van der Waals surface area (Å²) in [7, 11) is 0. The monoisotopic (exact) mass is 325 g/mol. The van der Waals surface area contributed by atoms with E-state index in [9.17, 15) is 5.11 Å². The Morgan fingerprint density at radius 2 is 2.11 bits per heavy atom. The standard InChI is InChI=1S/C14H16BrNOS/c1-9-3-5-13(17)12(7-9)10(2)16-8-11-4-6-14(15)18-11/h3-7,10,16-17H,8H2,1-2H3. The summed E-state index contributed by atoms with van der Waals surface area (Å²) < 4.78 is 1.14. The predicted octanol–water partition coefficient (Wildman–Crippen LogP) is 4.38. The maximum atomic E-state index is 9.86. The van der Waals surface area contributed by atoms with Crippen molar-refractivity contribution in [2.24, 2.45) is 0 Å². The molecule has 1 aromatic carbocycles. The first-order valence-corrected chi connectivity index (χ1v) is 7.44. The summed E-state index contributed by atoms with van der Waals surface area (Å²) in [5, 5.41) is 13.3. The van der Waals surface area contributed by atoms with E-state index >= 15 is 0 Å². The minimum Gasteiger partial charge on any atom is -0.508 e. The maximum absolute atomic E-state index is 9.86. The number of rotatable bonds is 4. The fraction of sp³-hybridized carbons (Fsp3) is 0.286. The SMILES string of the molecule is Cc1ccc(O)c(C(C)NCc2ccc(Br)s2)c1. The molecule has 0 radical (unpaired) electrons. The zero-order valence-corrected chi connectivity index (χ0v) is 12.8. The van der Waals surface area contributed by atoms with Crippen molar-refractivity contribution in [3.63, 3.8) is 0 Å². The Labute approximate surface area is 120 Å². The molecule has 18 heavy (non-hydrogen) atoms. The minimum atomic E-state index is 0.130. The number of aromatic hydroxyl groups is 1. The van der Waals surface area contributed by atoms with Crippen LogP contribution in [0.4, 0.5) is 0 Å². The van der Waals surface area contributed by atoms with E-state index in [4.69, 9.17) is 0 Å². The van der Waals surface area contributed by atoms with E-state index in [2.05, 4.69) is 40.3 Å². The van der Waals surface area contributed by atoms with Gasteiger partial charge in [0.15, 0.2) is 0 Å². The van der Waals surface area contributed by atoms with Gasteiger partial charge in [0.05, 0.1) is 3.79 Å². The smallest absolute Gasteiger partial charge is 0.120 e. The Morgan fingerprint density at radius 1 is 1.33 bits per heavy atom. The highest BCUT2D eigenvalue weighted by molar-refractivity contribution is 9.11. The van der Waals surface area contributed by atoms with E-state index in [1.807, 2.05) is 19.1 Å². The fourth-order valence-corrected chi connectivity index (χ4v) is 3.27. The molecule has 1 aromatic heterocycles. The molecule has 0 aliphatic heterocycles. The zero-order chi connectivity index (χ0) is 13.1. The average molecular weight is 326 g/mol. The molecule has 2 N–H and O–H groups in total. The van der Waals surface area contributed by atoms with Crippen molar-refractivity contribution in [2.45, 2.75) is 26.4 Å². The molecule has 1 heterocycles. The lowest BCUT2D eigenvalue weighted by Gasteiger charge is -2.15. The minimum absolute atomic E-state index is 0.130. The second-order valence-corrected chi connectivity index (χ2v) is 6.92. The van der Waals surface area contributed by atoms with Crippen molar-refractivity contribution < 1.29 is 5.11 Å². The van der Waals surface area contributed by atoms with Crippen molar-refractivity contribution in [1.29, 1.82) is 0 Å². The number of phenolic OH excluding ortho intramolecular Hbond substituents is 1. The first-order valence-electron chi connectivity index (χ1n) is 5.83. The van der Waals surface area contributed by atoms with Crippen LogP contribution in [0.15, 0.2) is 34.1 Å². The van der Waals surface area contributed by atoms with Gasteiger partial charge in [-0.25, -0.2) is 0 Å². The van der Waals surface area contributed by atoms with Crippen molar-refractivity contribution >= 4 is 27.3 Å². The van der Waals surface area contributed by atoms with Crippen molar-refractivity contribution in [3.8, 4) is 5.75 Å². The van der Waals surface area contributed by atoms with Gasteiger partial charge in [0, 0.05) is 23.0 Å². The summed E-state index contributed by atoms with van der Waals surface area (Å²) in [5.41, 5.74) is 2.11. The molecule has 0 amide bonds. The highest BCUT2D eigenvalue weighted by Gasteiger charge is 2.10. The molecule has 0 saturated heterocycles. The Morgan fingerprint density at radius 3 is 2.78 bits per heavy atom. The second kappa shape index (κ2) is 5.87. The van der Waals surface area contributed by atoms with Gasteiger partial charge in [-0.15, -0.1) is 11.3 Å². The molecule has 0 fully saturated rings. The number of thiophene rings is 1. The fourth-order valence-electron chi connectivity index (χ4n) is 1.83. The van der Waals surface area contributed by atoms with Crippen LogP contribution in [-0.4, -0.2) is 5.11 Å². The quantitative estimate of drug-likeness (QED) is 0.874. The topological polar surface area (TPSA) is 32.3 Å². The van der Waals surface area contributed by atoms with Gasteiger partial charge < -0.3 is 10.4 Å². The van der Waals surface area contributed by atoms with E-state index in [1.165, 1.54) is 4.88 Å². The number of nitrogens with one attached hydrogen (secondary N) is 1. The van der Waals surface area contributed by atoms with Gasteiger partial charge in [-0.3, -0.25) is 0 Å². The molecule has 0 aliphatic rings. The number of hydrogen-bond donors (Lipinski definition) is 2. The van der Waals surface area contributed by atoms with Crippen LogP contribution in [0, 0.1) is 6.92 Å². The summed E-state index contributed by atoms with van der Waals surface area (Å²) in [5.74, 6) is 0.355. The van der Waals surface area contributed by atoms with Crippen LogP contribution in [0.25, 0.3) is 0 Å². The van der Waals surface area contributed by atoms with Gasteiger partial charge in [0.25, 0.3) is 0 Å². The molecule has 1 unspecified atom stereocenters. The number of phenols is 1. The molecule has 2 nitrogen and oxygen atoms in total.